The summed E-state index contributed by atoms with van der Waals surface area (Å²) >= 11 is 5.58. The number of thiocarbonyl (C=S) groups is 1. The molecule has 20 fully saturated rings. The molecule has 20 aliphatic rings. The number of hydrogen-bond acceptors (Lipinski definition) is 13. The van der Waals surface area contributed by atoms with Crippen LogP contribution >= 0.6 is 12.2 Å². The Balaban J connectivity index is 0.000000104. The van der Waals surface area contributed by atoms with Gasteiger partial charge in [0.25, 0.3) is 5.17 Å². The molecular formula is C96H154N2O11S. The third kappa shape index (κ3) is 12.0. The van der Waals surface area contributed by atoms with Gasteiger partial charge < -0.3 is 52.8 Å². The second-order valence-corrected chi connectivity index (χ2v) is 46.1. The normalized spacial score (nSPS) is 53.6. The molecule has 0 amide bonds. The van der Waals surface area contributed by atoms with E-state index in [1.807, 2.05) is 10.8 Å². The van der Waals surface area contributed by atoms with Crippen molar-refractivity contribution < 1.29 is 52.8 Å². The molecular weight excluding hydrogens is 1390 g/mol. The lowest BCUT2D eigenvalue weighted by molar-refractivity contribution is -0.251. The number of hydrogen-bond donors (Lipinski definition) is 2. The van der Waals surface area contributed by atoms with Gasteiger partial charge in [0.1, 0.15) is 6.33 Å². The Morgan fingerprint density at radius 3 is 1.08 bits per heavy atom. The Hall–Kier alpha value is -1.30. The first-order valence-electron chi connectivity index (χ1n) is 47.0. The standard InChI is InChI=1S/C27H40N2O3S.2C23H38O3.C23H38O2/c1-18-4-7-25(2)21-5-8-26(3)22(6-9-27(26)31-12-13-32-27)20(21)15-19(23(25)14-18)16-30-24(33)29-11-10-28-17-29;1-15-13-16-17(21(3)10-9-20(2,24)14-19(15)21)5-7-22(4)18(16)6-8-23(22)25-11-12-26-23;1-15-4-7-21(2)18-5-8-22(3)19(6-9-23(22)25-10-11-26-23)17(18)13-16(14-24)20(21)12-15;1-15-5-8-21(3)18-6-9-22(4)19(7-10-23(22)24-11-12-25-23)17(18)14-16(2)20(21)13-15/h10-11,17-23H,4-9,12-16H2,1-3H3;15-19,24H,5-14H2,1-4H3;15-20,24H,4-14H2,1-3H3;15-20H,5-14H2,1-4H3/t18-,19-,20+,21-,22-,23+,25+,26-;15-,16-,17+,18+,19-,20?,21-,22+;15-,16-,17+,18-,19-,20+,21+,22-;15-,16+,17+,18-,19-,20+,21+,22-/m0100/s1. The molecule has 4 aliphatic heterocycles. The van der Waals surface area contributed by atoms with Crippen molar-refractivity contribution in [2.24, 2.45) is 179 Å². The van der Waals surface area contributed by atoms with Crippen molar-refractivity contribution in [2.45, 2.75) is 331 Å². The number of imidazole rings is 1. The van der Waals surface area contributed by atoms with Crippen LogP contribution in [0.25, 0.3) is 0 Å². The van der Waals surface area contributed by atoms with Gasteiger partial charge in [-0.3, -0.25) is 4.57 Å². The molecule has 21 rings (SSSR count). The monoisotopic (exact) mass is 1540 g/mol. The SMILES string of the molecule is C[C@@H]1C[C@@H]2[C@H](CC[C@@]3(C)[C@H]2CCC32OCCO2)[C@@]2(C)CCC(C)(O)C[C@H]12.C[C@H]1CC[C@@]2(C)[C@H](C1)[C@H](C)C[C@@H]1[C@@H]2CC[C@@]2(C)[C@H]1CCC21OCCO1.C[C@H]1CC[C@@]2(C)[C@H](C1)[C@H](CO)C[C@@H]1[C@@H]2CC[C@@]2(C)[C@H]1CCC21OCCO1.C[C@H]1CC[C@@]2(C)[C@H](C1)[C@H](COC(=S)n1ccnc1)C[C@@H]1[C@@H]2CC[C@@]2(C)[C@H]1CCC21OCCO1. The Morgan fingerprint density at radius 1 is 0.382 bits per heavy atom. The fourth-order valence-corrected chi connectivity index (χ4v) is 35.9. The lowest BCUT2D eigenvalue weighted by Crippen LogP contribution is -2.59. The molecule has 0 radical (unpaired) electrons. The van der Waals surface area contributed by atoms with Gasteiger partial charge in [0.05, 0.1) is 65.1 Å². The van der Waals surface area contributed by atoms with Crippen LogP contribution in [0.1, 0.15) is 302 Å². The summed E-state index contributed by atoms with van der Waals surface area (Å²) in [6.07, 6.45) is 46.5. The van der Waals surface area contributed by atoms with E-state index in [1.165, 1.54) is 167 Å². The average molecular weight is 1540 g/mol. The van der Waals surface area contributed by atoms with E-state index in [1.54, 1.807) is 12.5 Å². The fraction of sp³-hybridized carbons (Fsp3) is 0.958. The summed E-state index contributed by atoms with van der Waals surface area (Å²) < 4.78 is 58.6. The molecule has 0 aromatic carbocycles. The number of ether oxygens (including phenoxy) is 9. The number of rotatable bonds is 3. The van der Waals surface area contributed by atoms with Crippen molar-refractivity contribution in [3.05, 3.63) is 18.7 Å². The maximum Gasteiger partial charge on any atom is 0.268 e. The van der Waals surface area contributed by atoms with Gasteiger partial charge in [-0.1, -0.05) is 109 Å². The zero-order valence-electron chi connectivity index (χ0n) is 71.6. The van der Waals surface area contributed by atoms with Crippen LogP contribution in [-0.4, -0.2) is 120 Å². The molecule has 16 saturated carbocycles. The van der Waals surface area contributed by atoms with Crippen LogP contribution in [0.15, 0.2) is 18.7 Å². The second-order valence-electron chi connectivity index (χ2n) is 45.7. The van der Waals surface area contributed by atoms with Crippen molar-refractivity contribution in [3.8, 4) is 0 Å². The highest BCUT2D eigenvalue weighted by Crippen LogP contribution is 2.76. The van der Waals surface area contributed by atoms with Gasteiger partial charge in [-0.2, -0.15) is 0 Å². The lowest BCUT2D eigenvalue weighted by Gasteiger charge is -2.64. The summed E-state index contributed by atoms with van der Waals surface area (Å²) in [7, 11) is 0. The molecule has 4 saturated heterocycles. The van der Waals surface area contributed by atoms with E-state index in [0.717, 1.165) is 205 Å². The summed E-state index contributed by atoms with van der Waals surface area (Å²) in [4.78, 5) is 4.13. The van der Waals surface area contributed by atoms with Crippen molar-refractivity contribution >= 4 is 17.4 Å². The highest BCUT2D eigenvalue weighted by Gasteiger charge is 2.74. The maximum absolute atomic E-state index is 10.7. The number of nitrogens with zero attached hydrogens (tertiary/aromatic N) is 2. The summed E-state index contributed by atoms with van der Waals surface area (Å²) in [6.45, 7) is 42.3. The molecule has 620 valence electrons. The van der Waals surface area contributed by atoms with E-state index in [2.05, 4.69) is 102 Å². The molecule has 1 aromatic rings. The highest BCUT2D eigenvalue weighted by molar-refractivity contribution is 7.80. The molecule has 1 unspecified atom stereocenters. The summed E-state index contributed by atoms with van der Waals surface area (Å²) in [5.74, 6) is 16.9. The van der Waals surface area contributed by atoms with E-state index >= 15 is 0 Å². The number of aliphatic hydroxyl groups excluding tert-OH is 1. The molecule has 5 heterocycles. The third-order valence-electron chi connectivity index (χ3n) is 41.4. The largest absolute Gasteiger partial charge is 0.470 e. The zero-order chi connectivity index (χ0) is 76.8. The van der Waals surface area contributed by atoms with Crippen LogP contribution in [0.2, 0.25) is 0 Å². The first-order valence-corrected chi connectivity index (χ1v) is 47.4. The van der Waals surface area contributed by atoms with Crippen LogP contribution < -0.4 is 0 Å². The molecule has 0 bridgehead atoms. The van der Waals surface area contributed by atoms with Crippen LogP contribution in [0.5, 0.6) is 0 Å². The summed E-state index contributed by atoms with van der Waals surface area (Å²) in [6, 6.07) is 0. The second kappa shape index (κ2) is 28.7. The Bertz CT molecular complexity index is 3420. The number of fused-ring (bicyclic) bond motifs is 24. The molecule has 110 heavy (non-hydrogen) atoms. The first-order chi connectivity index (χ1) is 52.4. The topological polar surface area (TPSA) is 141 Å². The van der Waals surface area contributed by atoms with Crippen molar-refractivity contribution in [3.63, 3.8) is 0 Å². The minimum absolute atomic E-state index is 0.146. The van der Waals surface area contributed by atoms with Crippen LogP contribution in [0, 0.1) is 179 Å². The van der Waals surface area contributed by atoms with E-state index in [0.29, 0.717) is 63.0 Å². The van der Waals surface area contributed by atoms with Crippen LogP contribution in [-0.2, 0) is 42.6 Å². The first kappa shape index (κ1) is 79.8. The van der Waals surface area contributed by atoms with Crippen molar-refractivity contribution in [1.82, 2.24) is 9.55 Å². The molecule has 14 heteroatoms. The quantitative estimate of drug-likeness (QED) is 0.278. The van der Waals surface area contributed by atoms with Crippen LogP contribution in [0.4, 0.5) is 0 Å². The maximum atomic E-state index is 10.7. The molecule has 4 spiro atoms. The van der Waals surface area contributed by atoms with Gasteiger partial charge >= 0.3 is 0 Å². The van der Waals surface area contributed by atoms with Gasteiger partial charge in [-0.15, -0.1) is 0 Å². The van der Waals surface area contributed by atoms with E-state index < -0.39 is 5.60 Å². The fourth-order valence-electron chi connectivity index (χ4n) is 35.8. The summed E-state index contributed by atoms with van der Waals surface area (Å²) in [5, 5.41) is 21.5. The Morgan fingerprint density at radius 2 is 0.709 bits per heavy atom. The zero-order valence-corrected chi connectivity index (χ0v) is 72.4. The van der Waals surface area contributed by atoms with Crippen molar-refractivity contribution in [1.29, 1.82) is 0 Å². The third-order valence-corrected chi connectivity index (χ3v) is 41.7. The molecule has 2 N–H and O–H groups in total. The van der Waals surface area contributed by atoms with Gasteiger partial charge in [0, 0.05) is 66.3 Å². The van der Waals surface area contributed by atoms with E-state index in [9.17, 15) is 10.2 Å². The lowest BCUT2D eigenvalue weighted by atomic mass is 9.42. The van der Waals surface area contributed by atoms with Gasteiger partial charge in [0.2, 0.25) is 0 Å². The minimum Gasteiger partial charge on any atom is -0.470 e. The molecule has 16 aliphatic carbocycles. The predicted molar refractivity (Wildman–Crippen MR) is 434 cm³/mol. The van der Waals surface area contributed by atoms with Gasteiger partial charge in [-0.05, 0) is 337 Å². The van der Waals surface area contributed by atoms with E-state index in [-0.39, 0.29) is 44.8 Å². The molecule has 1 aromatic heterocycles. The predicted octanol–water partition coefficient (Wildman–Crippen LogP) is 20.7. The Kier molecular flexibility index (Phi) is 20.8. The number of aliphatic hydroxyl groups is 2. The van der Waals surface area contributed by atoms with Crippen LogP contribution in [0.3, 0.4) is 0 Å². The van der Waals surface area contributed by atoms with Gasteiger partial charge in [0.15, 0.2) is 23.1 Å². The Labute approximate surface area is 671 Å². The molecule has 32 atom stereocenters. The average Bonchev–Trinajstić information content (AvgIpc) is 1.48. The number of aromatic nitrogens is 2. The van der Waals surface area contributed by atoms with Gasteiger partial charge in [-0.25, -0.2) is 4.98 Å². The molecule has 13 nitrogen and oxygen atoms in total. The van der Waals surface area contributed by atoms with E-state index in [4.69, 9.17) is 54.8 Å². The summed E-state index contributed by atoms with van der Waals surface area (Å²) in [5.41, 5.74) is 2.21. The highest BCUT2D eigenvalue weighted by atomic mass is 32.1. The van der Waals surface area contributed by atoms with Crippen molar-refractivity contribution in [2.75, 3.05) is 66.1 Å². The minimum atomic E-state index is -0.447. The smallest absolute Gasteiger partial charge is 0.268 e.